The summed E-state index contributed by atoms with van der Waals surface area (Å²) in [4.78, 5) is 25.9. The number of nitrogens with zero attached hydrogens (tertiary/aromatic N) is 4. The van der Waals surface area contributed by atoms with E-state index in [1.54, 1.807) is 24.3 Å². The molecule has 0 unspecified atom stereocenters. The molecule has 8 nitrogen and oxygen atoms in total. The molecule has 1 aliphatic rings. The molecule has 2 heterocycles. The summed E-state index contributed by atoms with van der Waals surface area (Å²) in [5.41, 5.74) is 4.56. The first-order valence-corrected chi connectivity index (χ1v) is 12.7. The molecular formula is C30H36FN7O. The van der Waals surface area contributed by atoms with Crippen molar-refractivity contribution in [1.82, 2.24) is 14.9 Å². The van der Waals surface area contributed by atoms with Crippen molar-refractivity contribution in [2.24, 2.45) is 0 Å². The van der Waals surface area contributed by atoms with E-state index in [9.17, 15) is 9.18 Å². The number of nitrogens with one attached hydrogen (secondary N) is 3. The molecule has 0 saturated carbocycles. The minimum atomic E-state index is -0.348. The van der Waals surface area contributed by atoms with E-state index in [1.165, 1.54) is 18.2 Å². The molecule has 9 heteroatoms. The van der Waals surface area contributed by atoms with Crippen LogP contribution >= 0.6 is 0 Å². The Hall–Kier alpha value is -4.76. The van der Waals surface area contributed by atoms with Crippen molar-refractivity contribution in [1.29, 1.82) is 0 Å². The predicted molar refractivity (Wildman–Crippen MR) is 162 cm³/mol. The third kappa shape index (κ3) is 6.77. The lowest BCUT2D eigenvalue weighted by Gasteiger charge is -2.34. The maximum atomic E-state index is 13.8. The highest BCUT2D eigenvalue weighted by atomic mass is 19.1. The molecule has 1 aromatic heterocycles. The minimum Gasteiger partial charge on any atom is -0.369 e. The molecule has 4 aromatic rings. The maximum Gasteiger partial charge on any atom is 0.247 e. The topological polar surface area (TPSA) is 85.4 Å². The molecular weight excluding hydrogens is 493 g/mol. The van der Waals surface area contributed by atoms with Gasteiger partial charge in [-0.3, -0.25) is 4.79 Å². The fraction of sp³-hybridized carbons (Fsp3) is 0.167. The third-order valence-corrected chi connectivity index (χ3v) is 6.41. The Balaban J connectivity index is 0.00000205. The van der Waals surface area contributed by atoms with Gasteiger partial charge in [0, 0.05) is 64.8 Å². The third-order valence-electron chi connectivity index (χ3n) is 6.41. The van der Waals surface area contributed by atoms with Gasteiger partial charge < -0.3 is 25.8 Å². The van der Waals surface area contributed by atoms with E-state index in [4.69, 9.17) is 4.98 Å². The summed E-state index contributed by atoms with van der Waals surface area (Å²) in [6, 6.07) is 23.5. The van der Waals surface area contributed by atoms with Gasteiger partial charge in [0.15, 0.2) is 0 Å². The summed E-state index contributed by atoms with van der Waals surface area (Å²) in [5, 5.41) is 9.29. The van der Waals surface area contributed by atoms with Crippen LogP contribution in [0.15, 0.2) is 91.5 Å². The standard InChI is InChI=1S/C30H30FN7O.3H2/c1-3-29(39)33-23-9-4-7-21(17-23)27-20-28(32-24-10-5-8-22(31)18-24)36-30(35-27)34-25-11-6-12-26(19-25)38-15-13-37(2)14-16-38;;;/h3-12,17-20H,1,13-16H2,2H3,(H,33,39)(H2,32,34,35,36);3*1H. The Bertz CT molecular complexity index is 1500. The van der Waals surface area contributed by atoms with Crippen molar-refractivity contribution < 1.29 is 13.5 Å². The van der Waals surface area contributed by atoms with E-state index in [2.05, 4.69) is 56.5 Å². The van der Waals surface area contributed by atoms with Gasteiger partial charge >= 0.3 is 0 Å². The summed E-state index contributed by atoms with van der Waals surface area (Å²) in [7, 11) is 2.14. The number of amides is 1. The number of hydrogen-bond donors (Lipinski definition) is 3. The molecule has 1 amide bonds. The molecule has 204 valence electrons. The lowest BCUT2D eigenvalue weighted by Crippen LogP contribution is -2.44. The van der Waals surface area contributed by atoms with Crippen molar-refractivity contribution in [2.45, 2.75) is 0 Å². The number of carbonyl (C=O) groups is 1. The first-order chi connectivity index (χ1) is 18.9. The lowest BCUT2D eigenvalue weighted by atomic mass is 10.1. The van der Waals surface area contributed by atoms with E-state index in [-0.39, 0.29) is 16.0 Å². The van der Waals surface area contributed by atoms with Gasteiger partial charge in [-0.2, -0.15) is 4.98 Å². The molecule has 39 heavy (non-hydrogen) atoms. The average molecular weight is 530 g/mol. The molecule has 0 spiro atoms. The van der Waals surface area contributed by atoms with Gasteiger partial charge in [-0.25, -0.2) is 9.37 Å². The Morgan fingerprint density at radius 3 is 2.38 bits per heavy atom. The van der Waals surface area contributed by atoms with Crippen molar-refractivity contribution in [3.63, 3.8) is 0 Å². The highest BCUT2D eigenvalue weighted by Gasteiger charge is 2.15. The second-order valence-electron chi connectivity index (χ2n) is 9.34. The monoisotopic (exact) mass is 529 g/mol. The van der Waals surface area contributed by atoms with E-state index in [0.29, 0.717) is 28.8 Å². The van der Waals surface area contributed by atoms with Crippen LogP contribution in [-0.4, -0.2) is 54.0 Å². The molecule has 0 radical (unpaired) electrons. The van der Waals surface area contributed by atoms with E-state index in [1.807, 2.05) is 30.3 Å². The number of carbonyl (C=O) groups excluding carboxylic acids is 1. The number of halogens is 1. The number of benzene rings is 3. The van der Waals surface area contributed by atoms with Crippen LogP contribution in [0.1, 0.15) is 4.28 Å². The number of piperazine rings is 1. The zero-order valence-corrected chi connectivity index (χ0v) is 21.7. The van der Waals surface area contributed by atoms with Crippen LogP contribution in [0.4, 0.5) is 38.9 Å². The molecule has 1 saturated heterocycles. The Kier molecular flexibility index (Phi) is 7.79. The molecule has 1 aliphatic heterocycles. The van der Waals surface area contributed by atoms with Crippen LogP contribution in [0.2, 0.25) is 0 Å². The molecule has 3 N–H and O–H groups in total. The minimum absolute atomic E-state index is 0. The maximum absolute atomic E-state index is 13.8. The number of rotatable bonds is 8. The zero-order chi connectivity index (χ0) is 27.2. The SMILES string of the molecule is C=CC(=O)Nc1cccc(-c2cc(Nc3cccc(F)c3)nc(Nc3cccc(N4CCN(C)CC4)c3)n2)c1.[HH].[HH].[HH]. The largest absolute Gasteiger partial charge is 0.369 e. The van der Waals surface area contributed by atoms with Crippen molar-refractivity contribution in [3.8, 4) is 11.3 Å². The Morgan fingerprint density at radius 1 is 0.897 bits per heavy atom. The van der Waals surface area contributed by atoms with Crippen LogP contribution in [0, 0.1) is 5.82 Å². The van der Waals surface area contributed by atoms with Gasteiger partial charge in [0.2, 0.25) is 11.9 Å². The highest BCUT2D eigenvalue weighted by molar-refractivity contribution is 5.99. The zero-order valence-electron chi connectivity index (χ0n) is 21.7. The second-order valence-corrected chi connectivity index (χ2v) is 9.34. The van der Waals surface area contributed by atoms with Gasteiger partial charge in [-0.05, 0) is 61.7 Å². The molecule has 0 aliphatic carbocycles. The quantitative estimate of drug-likeness (QED) is 0.228. The molecule has 0 bridgehead atoms. The average Bonchev–Trinajstić information content (AvgIpc) is 2.93. The van der Waals surface area contributed by atoms with Crippen LogP contribution in [-0.2, 0) is 4.79 Å². The summed E-state index contributed by atoms with van der Waals surface area (Å²) in [5.74, 6) is 0.219. The number of hydrogen-bond acceptors (Lipinski definition) is 7. The summed E-state index contributed by atoms with van der Waals surface area (Å²) >= 11 is 0. The van der Waals surface area contributed by atoms with Gasteiger partial charge in [0.25, 0.3) is 0 Å². The summed E-state index contributed by atoms with van der Waals surface area (Å²) in [6.45, 7) is 7.47. The van der Waals surface area contributed by atoms with Crippen LogP contribution in [0.25, 0.3) is 11.3 Å². The fourth-order valence-corrected chi connectivity index (χ4v) is 4.35. The van der Waals surface area contributed by atoms with E-state index < -0.39 is 0 Å². The van der Waals surface area contributed by atoms with Crippen LogP contribution < -0.4 is 20.9 Å². The van der Waals surface area contributed by atoms with Crippen LogP contribution in [0.3, 0.4) is 0 Å². The number of aromatic nitrogens is 2. The summed E-state index contributed by atoms with van der Waals surface area (Å²) in [6.07, 6.45) is 1.22. The van der Waals surface area contributed by atoms with Crippen LogP contribution in [0.5, 0.6) is 0 Å². The molecule has 3 aromatic carbocycles. The first kappa shape index (κ1) is 25.9. The van der Waals surface area contributed by atoms with Gasteiger partial charge in [0.05, 0.1) is 5.69 Å². The van der Waals surface area contributed by atoms with Gasteiger partial charge in [0.1, 0.15) is 11.6 Å². The van der Waals surface area contributed by atoms with E-state index >= 15 is 0 Å². The summed E-state index contributed by atoms with van der Waals surface area (Å²) < 4.78 is 13.8. The number of likely N-dealkylation sites (N-methyl/N-ethyl adjacent to an activating group) is 1. The highest BCUT2D eigenvalue weighted by Crippen LogP contribution is 2.28. The smallest absolute Gasteiger partial charge is 0.247 e. The first-order valence-electron chi connectivity index (χ1n) is 12.7. The van der Waals surface area contributed by atoms with E-state index in [0.717, 1.165) is 43.1 Å². The fourth-order valence-electron chi connectivity index (χ4n) is 4.35. The normalized spacial score (nSPS) is 13.5. The number of anilines is 6. The van der Waals surface area contributed by atoms with Gasteiger partial charge in [-0.15, -0.1) is 0 Å². The predicted octanol–water partition coefficient (Wildman–Crippen LogP) is 6.38. The van der Waals surface area contributed by atoms with Crippen molar-refractivity contribution in [2.75, 3.05) is 54.1 Å². The molecule has 1 fully saturated rings. The molecule has 5 rings (SSSR count). The Morgan fingerprint density at radius 2 is 1.62 bits per heavy atom. The van der Waals surface area contributed by atoms with Gasteiger partial charge in [-0.1, -0.05) is 30.8 Å². The Labute approximate surface area is 231 Å². The molecule has 0 atom stereocenters. The lowest BCUT2D eigenvalue weighted by molar-refractivity contribution is -0.111. The van der Waals surface area contributed by atoms with Crippen molar-refractivity contribution in [3.05, 3.63) is 97.3 Å². The second kappa shape index (κ2) is 11.7. The van der Waals surface area contributed by atoms with Crippen molar-refractivity contribution >= 4 is 40.4 Å².